The highest BCUT2D eigenvalue weighted by molar-refractivity contribution is 8.18. The Balaban J connectivity index is 1.59. The zero-order chi connectivity index (χ0) is 21.3. The number of imide groups is 1. The molecule has 1 aliphatic heterocycles. The van der Waals surface area contributed by atoms with Gasteiger partial charge in [0.05, 0.1) is 17.0 Å². The number of carbonyl (C=O) groups is 3. The van der Waals surface area contributed by atoms with E-state index < -0.39 is 5.97 Å². The maximum atomic E-state index is 12.8. The van der Waals surface area contributed by atoms with Crippen LogP contribution in [0.1, 0.15) is 21.6 Å². The van der Waals surface area contributed by atoms with Gasteiger partial charge in [-0.25, -0.2) is 4.79 Å². The number of hydrogen-bond acceptors (Lipinski definition) is 4. The van der Waals surface area contributed by atoms with Crippen LogP contribution in [-0.4, -0.2) is 31.7 Å². The third-order valence-electron chi connectivity index (χ3n) is 4.56. The lowest BCUT2D eigenvalue weighted by atomic mass is 10.2. The molecule has 30 heavy (non-hydrogen) atoms. The van der Waals surface area contributed by atoms with Crippen LogP contribution in [0.2, 0.25) is 5.02 Å². The zero-order valence-corrected chi connectivity index (χ0v) is 17.1. The van der Waals surface area contributed by atoms with E-state index in [-0.39, 0.29) is 23.3 Å². The quantitative estimate of drug-likeness (QED) is 0.563. The Morgan fingerprint density at radius 1 is 1.07 bits per heavy atom. The smallest absolute Gasteiger partial charge is 0.335 e. The van der Waals surface area contributed by atoms with Crippen molar-refractivity contribution in [3.63, 3.8) is 0 Å². The Morgan fingerprint density at radius 3 is 2.53 bits per heavy atom. The monoisotopic (exact) mass is 438 g/mol. The first-order valence-corrected chi connectivity index (χ1v) is 10.1. The Labute approximate surface area is 181 Å². The number of hydrogen-bond donors (Lipinski definition) is 1. The average Bonchev–Trinajstić information content (AvgIpc) is 3.28. The lowest BCUT2D eigenvalue weighted by Crippen LogP contribution is -2.27. The molecule has 1 aromatic heterocycles. The molecule has 1 aliphatic rings. The molecule has 3 aromatic rings. The standard InChI is InChI=1S/C22H15ClN2O4S/c23-16-4-1-3-14(11-16)13-25-20(26)19(30-22(25)29)12-18-5-2-10-24(18)17-8-6-15(7-9-17)21(27)28/h1-12H,13H2,(H,27,28)/b19-12-. The van der Waals surface area contributed by atoms with E-state index in [1.807, 2.05) is 22.8 Å². The molecule has 2 amide bonds. The molecule has 150 valence electrons. The van der Waals surface area contributed by atoms with Gasteiger partial charge in [0.1, 0.15) is 0 Å². The summed E-state index contributed by atoms with van der Waals surface area (Å²) < 4.78 is 1.82. The molecule has 0 aliphatic carbocycles. The van der Waals surface area contributed by atoms with Gasteiger partial charge in [-0.3, -0.25) is 14.5 Å². The van der Waals surface area contributed by atoms with Crippen molar-refractivity contribution in [2.45, 2.75) is 6.54 Å². The maximum absolute atomic E-state index is 12.8. The number of carboxylic acid groups (broad SMARTS) is 1. The lowest BCUT2D eigenvalue weighted by molar-refractivity contribution is -0.123. The second-order valence-electron chi connectivity index (χ2n) is 6.55. The summed E-state index contributed by atoms with van der Waals surface area (Å²) in [7, 11) is 0. The number of aromatic carboxylic acids is 1. The molecule has 8 heteroatoms. The van der Waals surface area contributed by atoms with Crippen LogP contribution in [0.5, 0.6) is 0 Å². The molecule has 6 nitrogen and oxygen atoms in total. The number of amides is 2. The number of benzene rings is 2. The van der Waals surface area contributed by atoms with Gasteiger partial charge < -0.3 is 9.67 Å². The summed E-state index contributed by atoms with van der Waals surface area (Å²) in [6, 6.07) is 17.1. The number of nitrogens with zero attached hydrogens (tertiary/aromatic N) is 2. The maximum Gasteiger partial charge on any atom is 0.335 e. The van der Waals surface area contributed by atoms with Crippen molar-refractivity contribution < 1.29 is 19.5 Å². The fraction of sp³-hybridized carbons (Fsp3) is 0.0455. The summed E-state index contributed by atoms with van der Waals surface area (Å²) in [5.41, 5.74) is 2.41. The zero-order valence-electron chi connectivity index (χ0n) is 15.5. The van der Waals surface area contributed by atoms with Gasteiger partial charge in [0.15, 0.2) is 0 Å². The molecule has 2 heterocycles. The Morgan fingerprint density at radius 2 is 1.83 bits per heavy atom. The third-order valence-corrected chi connectivity index (χ3v) is 5.70. The van der Waals surface area contributed by atoms with Crippen molar-refractivity contribution in [1.82, 2.24) is 9.47 Å². The third kappa shape index (κ3) is 4.03. The molecular weight excluding hydrogens is 424 g/mol. The van der Waals surface area contributed by atoms with Crippen molar-refractivity contribution in [2.24, 2.45) is 0 Å². The van der Waals surface area contributed by atoms with Crippen LogP contribution in [0.3, 0.4) is 0 Å². The Kier molecular flexibility index (Phi) is 5.48. The first kappa shape index (κ1) is 20.0. The molecule has 1 fully saturated rings. The van der Waals surface area contributed by atoms with E-state index >= 15 is 0 Å². The van der Waals surface area contributed by atoms with Crippen LogP contribution in [-0.2, 0) is 11.3 Å². The normalized spacial score (nSPS) is 15.2. The van der Waals surface area contributed by atoms with Gasteiger partial charge in [0.2, 0.25) is 0 Å². The van der Waals surface area contributed by atoms with Crippen LogP contribution in [0.15, 0.2) is 71.8 Å². The number of carbonyl (C=O) groups excluding carboxylic acids is 2. The summed E-state index contributed by atoms with van der Waals surface area (Å²) in [5.74, 6) is -1.36. The highest BCUT2D eigenvalue weighted by atomic mass is 35.5. The van der Waals surface area contributed by atoms with E-state index in [1.165, 1.54) is 17.0 Å². The second kappa shape index (κ2) is 8.22. The SMILES string of the molecule is O=C(O)c1ccc(-n2cccc2/C=C2\SC(=O)N(Cc3cccc(Cl)c3)C2=O)cc1. The molecular formula is C22H15ClN2O4S. The fourth-order valence-corrected chi connectivity index (χ4v) is 4.14. The van der Waals surface area contributed by atoms with Crippen molar-refractivity contribution in [3.05, 3.63) is 93.6 Å². The van der Waals surface area contributed by atoms with E-state index in [0.717, 1.165) is 23.0 Å². The van der Waals surface area contributed by atoms with Crippen LogP contribution in [0.4, 0.5) is 4.79 Å². The van der Waals surface area contributed by atoms with Gasteiger partial charge in [-0.05, 0) is 71.9 Å². The molecule has 2 aromatic carbocycles. The summed E-state index contributed by atoms with van der Waals surface area (Å²) in [6.07, 6.45) is 3.46. The highest BCUT2D eigenvalue weighted by Gasteiger charge is 2.35. The Hall–Kier alpha value is -3.29. The van der Waals surface area contributed by atoms with E-state index in [1.54, 1.807) is 42.6 Å². The Bertz CT molecular complexity index is 1180. The number of carboxylic acids is 1. The molecule has 0 bridgehead atoms. The number of rotatable bonds is 5. The lowest BCUT2D eigenvalue weighted by Gasteiger charge is -2.12. The van der Waals surface area contributed by atoms with E-state index in [9.17, 15) is 14.4 Å². The first-order chi connectivity index (χ1) is 14.4. The first-order valence-electron chi connectivity index (χ1n) is 8.93. The number of halogens is 1. The van der Waals surface area contributed by atoms with Crippen LogP contribution < -0.4 is 0 Å². The van der Waals surface area contributed by atoms with E-state index in [2.05, 4.69) is 0 Å². The molecule has 4 rings (SSSR count). The largest absolute Gasteiger partial charge is 0.478 e. The summed E-state index contributed by atoms with van der Waals surface area (Å²) in [5, 5.41) is 9.26. The van der Waals surface area contributed by atoms with Gasteiger partial charge in [0, 0.05) is 22.6 Å². The minimum absolute atomic E-state index is 0.153. The van der Waals surface area contributed by atoms with Crippen LogP contribution >= 0.6 is 23.4 Å². The fourth-order valence-electron chi connectivity index (χ4n) is 3.10. The minimum atomic E-state index is -0.998. The van der Waals surface area contributed by atoms with Gasteiger partial charge in [-0.15, -0.1) is 0 Å². The van der Waals surface area contributed by atoms with Crippen LogP contribution in [0.25, 0.3) is 11.8 Å². The molecule has 0 spiro atoms. The molecule has 0 unspecified atom stereocenters. The van der Waals surface area contributed by atoms with Gasteiger partial charge in [0.25, 0.3) is 11.1 Å². The predicted molar refractivity (Wildman–Crippen MR) is 116 cm³/mol. The van der Waals surface area contributed by atoms with Crippen LogP contribution in [0, 0.1) is 0 Å². The molecule has 0 radical (unpaired) electrons. The van der Waals surface area contributed by atoms with Gasteiger partial charge in [-0.2, -0.15) is 0 Å². The van der Waals surface area contributed by atoms with Crippen molar-refractivity contribution >= 4 is 46.6 Å². The molecule has 1 N–H and O–H groups in total. The minimum Gasteiger partial charge on any atom is -0.478 e. The number of aromatic nitrogens is 1. The van der Waals surface area contributed by atoms with Gasteiger partial charge >= 0.3 is 5.97 Å². The van der Waals surface area contributed by atoms with Gasteiger partial charge in [-0.1, -0.05) is 23.7 Å². The topological polar surface area (TPSA) is 79.6 Å². The van der Waals surface area contributed by atoms with E-state index in [0.29, 0.717) is 15.6 Å². The van der Waals surface area contributed by atoms with Crippen molar-refractivity contribution in [2.75, 3.05) is 0 Å². The molecule has 0 saturated carbocycles. The van der Waals surface area contributed by atoms with Crippen molar-refractivity contribution in [3.8, 4) is 5.69 Å². The summed E-state index contributed by atoms with van der Waals surface area (Å²) >= 11 is 6.88. The summed E-state index contributed by atoms with van der Waals surface area (Å²) in [6.45, 7) is 0.153. The van der Waals surface area contributed by atoms with Crippen molar-refractivity contribution in [1.29, 1.82) is 0 Å². The highest BCUT2D eigenvalue weighted by Crippen LogP contribution is 2.34. The second-order valence-corrected chi connectivity index (χ2v) is 7.98. The molecule has 0 atom stereocenters. The summed E-state index contributed by atoms with van der Waals surface area (Å²) in [4.78, 5) is 37.8. The average molecular weight is 439 g/mol. The predicted octanol–water partition coefficient (Wildman–Crippen LogP) is 5.07. The molecule has 1 saturated heterocycles. The van der Waals surface area contributed by atoms with E-state index in [4.69, 9.17) is 16.7 Å². The number of thioether (sulfide) groups is 1.